The summed E-state index contributed by atoms with van der Waals surface area (Å²) < 4.78 is 18.8. The van der Waals surface area contributed by atoms with Crippen LogP contribution in [-0.4, -0.2) is 39.9 Å². The van der Waals surface area contributed by atoms with Gasteiger partial charge in [-0.15, -0.1) is 11.8 Å². The molecular formula is C41H37N3O5S. The number of para-hydroxylation sites is 3. The van der Waals surface area contributed by atoms with E-state index in [0.717, 1.165) is 55.3 Å². The van der Waals surface area contributed by atoms with Gasteiger partial charge >= 0.3 is 0 Å². The highest BCUT2D eigenvalue weighted by atomic mass is 32.2. The summed E-state index contributed by atoms with van der Waals surface area (Å²) in [6.45, 7) is 0.341. The topological polar surface area (TPSA) is 103 Å². The van der Waals surface area contributed by atoms with E-state index < -0.39 is 6.29 Å². The van der Waals surface area contributed by atoms with Gasteiger partial charge in [-0.2, -0.15) is 0 Å². The molecule has 0 aliphatic carbocycles. The number of aliphatic hydroxyl groups is 1. The third-order valence-electron chi connectivity index (χ3n) is 8.66. The van der Waals surface area contributed by atoms with Crippen molar-refractivity contribution in [1.29, 1.82) is 0 Å². The number of hydrogen-bond acceptors (Lipinski definition) is 8. The standard InChI is InChI=1S/C41H37N3O5S/c1-47-37-14-4-5-15-39(37)50-26-33-22-38(29-18-16-27(25-45)17-19-29)49-41(48-33)32-11-7-10-31(21-32)30-9-6-8-28(20-30)23-43-40(46)36-24-42-34-12-2-3-13-35(34)44-36/h2-21,24,33,38,41,45H,22-23,25-26H2,1H3,(H,43,46)/t33-,38+,41+/m1/s1. The van der Waals surface area contributed by atoms with Crippen LogP contribution in [0.1, 0.15) is 51.6 Å². The van der Waals surface area contributed by atoms with E-state index in [1.165, 1.54) is 6.20 Å². The Labute approximate surface area is 295 Å². The molecule has 2 N–H and O–H groups in total. The lowest BCUT2D eigenvalue weighted by molar-refractivity contribution is -0.245. The second kappa shape index (κ2) is 15.7. The quantitative estimate of drug-likeness (QED) is 0.132. The van der Waals surface area contributed by atoms with Crippen LogP contribution >= 0.6 is 11.8 Å². The lowest BCUT2D eigenvalue weighted by Gasteiger charge is -2.36. The van der Waals surface area contributed by atoms with Crippen molar-refractivity contribution in [3.05, 3.63) is 155 Å². The van der Waals surface area contributed by atoms with E-state index in [1.54, 1.807) is 18.9 Å². The van der Waals surface area contributed by atoms with Crippen LogP contribution in [0.15, 0.2) is 132 Å². The van der Waals surface area contributed by atoms with Crippen molar-refractivity contribution in [3.8, 4) is 16.9 Å². The predicted molar refractivity (Wildman–Crippen MR) is 195 cm³/mol. The molecule has 6 aromatic rings. The average molecular weight is 684 g/mol. The van der Waals surface area contributed by atoms with E-state index in [0.29, 0.717) is 18.5 Å². The number of nitrogens with zero attached hydrogens (tertiary/aromatic N) is 2. The molecular weight excluding hydrogens is 647 g/mol. The molecule has 1 aliphatic heterocycles. The van der Waals surface area contributed by atoms with Crippen molar-refractivity contribution in [2.24, 2.45) is 0 Å². The van der Waals surface area contributed by atoms with Gasteiger partial charge in [-0.05, 0) is 64.2 Å². The summed E-state index contributed by atoms with van der Waals surface area (Å²) in [6, 6.07) is 39.7. The molecule has 2 heterocycles. The van der Waals surface area contributed by atoms with Crippen molar-refractivity contribution < 1.29 is 24.1 Å². The molecule has 1 aliphatic rings. The van der Waals surface area contributed by atoms with Gasteiger partial charge in [0, 0.05) is 29.2 Å². The summed E-state index contributed by atoms with van der Waals surface area (Å²) in [4.78, 5) is 22.8. The van der Waals surface area contributed by atoms with E-state index in [2.05, 4.69) is 45.6 Å². The molecule has 1 amide bonds. The van der Waals surface area contributed by atoms with Gasteiger partial charge in [-0.1, -0.05) is 84.9 Å². The minimum Gasteiger partial charge on any atom is -0.496 e. The van der Waals surface area contributed by atoms with Crippen LogP contribution in [0.25, 0.3) is 22.2 Å². The van der Waals surface area contributed by atoms with Gasteiger partial charge in [-0.25, -0.2) is 4.98 Å². The van der Waals surface area contributed by atoms with Crippen molar-refractivity contribution in [3.63, 3.8) is 0 Å². The van der Waals surface area contributed by atoms with E-state index >= 15 is 0 Å². The van der Waals surface area contributed by atoms with Crippen LogP contribution in [0.3, 0.4) is 0 Å². The van der Waals surface area contributed by atoms with Gasteiger partial charge in [-0.3, -0.25) is 9.78 Å². The Bertz CT molecular complexity index is 2090. The van der Waals surface area contributed by atoms with Gasteiger partial charge in [0.2, 0.25) is 0 Å². The number of aromatic nitrogens is 2. The second-order valence-corrected chi connectivity index (χ2v) is 13.1. The number of thioether (sulfide) groups is 1. The van der Waals surface area contributed by atoms with Crippen molar-refractivity contribution >= 4 is 28.7 Å². The first kappa shape index (κ1) is 33.4. The molecule has 252 valence electrons. The van der Waals surface area contributed by atoms with Crippen LogP contribution in [0.2, 0.25) is 0 Å². The number of carbonyl (C=O) groups excluding carboxylic acids is 1. The molecule has 1 fully saturated rings. The molecule has 50 heavy (non-hydrogen) atoms. The number of hydrogen-bond donors (Lipinski definition) is 2. The first-order valence-electron chi connectivity index (χ1n) is 16.5. The third kappa shape index (κ3) is 7.87. The second-order valence-electron chi connectivity index (χ2n) is 12.1. The average Bonchev–Trinajstić information content (AvgIpc) is 3.19. The lowest BCUT2D eigenvalue weighted by atomic mass is 9.99. The van der Waals surface area contributed by atoms with Crippen LogP contribution in [0.5, 0.6) is 5.75 Å². The molecule has 9 heteroatoms. The minimum atomic E-state index is -0.583. The van der Waals surface area contributed by atoms with Gasteiger partial charge < -0.3 is 24.6 Å². The molecule has 1 aromatic heterocycles. The third-order valence-corrected chi connectivity index (χ3v) is 9.85. The smallest absolute Gasteiger partial charge is 0.271 e. The highest BCUT2D eigenvalue weighted by Crippen LogP contribution is 2.41. The number of rotatable bonds is 11. The van der Waals surface area contributed by atoms with E-state index in [1.807, 2.05) is 91.0 Å². The van der Waals surface area contributed by atoms with Crippen molar-refractivity contribution in [2.75, 3.05) is 12.9 Å². The number of ether oxygens (including phenoxy) is 3. The monoisotopic (exact) mass is 683 g/mol. The molecule has 1 saturated heterocycles. The van der Waals surface area contributed by atoms with Gasteiger partial charge in [0.25, 0.3) is 5.91 Å². The summed E-state index contributed by atoms with van der Waals surface area (Å²) in [5, 5.41) is 12.6. The van der Waals surface area contributed by atoms with Gasteiger partial charge in [0.1, 0.15) is 11.4 Å². The number of benzene rings is 5. The number of methoxy groups -OCH3 is 1. The van der Waals surface area contributed by atoms with E-state index in [-0.39, 0.29) is 30.4 Å². The van der Waals surface area contributed by atoms with Gasteiger partial charge in [0.05, 0.1) is 43.2 Å². The molecule has 0 bridgehead atoms. The zero-order valence-electron chi connectivity index (χ0n) is 27.6. The van der Waals surface area contributed by atoms with Crippen molar-refractivity contribution in [2.45, 2.75) is 43.0 Å². The summed E-state index contributed by atoms with van der Waals surface area (Å²) in [6.07, 6.45) is 1.34. The van der Waals surface area contributed by atoms with Crippen LogP contribution < -0.4 is 10.1 Å². The SMILES string of the molecule is COc1ccccc1SC[C@H]1C[C@@H](c2ccc(CO)cc2)O[C@@H](c2cccc(-c3cccc(CNC(=O)c4cnc5ccccc5n4)c3)c2)O1. The van der Waals surface area contributed by atoms with Gasteiger partial charge in [0.15, 0.2) is 6.29 Å². The molecule has 7 rings (SSSR count). The van der Waals surface area contributed by atoms with Crippen LogP contribution in [0.4, 0.5) is 0 Å². The molecule has 0 saturated carbocycles. The lowest BCUT2D eigenvalue weighted by Crippen LogP contribution is -2.31. The summed E-state index contributed by atoms with van der Waals surface area (Å²) in [5.41, 5.74) is 7.51. The fourth-order valence-electron chi connectivity index (χ4n) is 6.01. The van der Waals surface area contributed by atoms with E-state index in [9.17, 15) is 9.90 Å². The number of carbonyl (C=O) groups is 1. The zero-order chi connectivity index (χ0) is 34.3. The van der Waals surface area contributed by atoms with E-state index in [4.69, 9.17) is 14.2 Å². The molecule has 3 atom stereocenters. The minimum absolute atomic E-state index is 0.00475. The Morgan fingerprint density at radius 1 is 0.840 bits per heavy atom. The Hall–Kier alpha value is -5.06. The predicted octanol–water partition coefficient (Wildman–Crippen LogP) is 8.07. The maximum absolute atomic E-state index is 12.9. The Kier molecular flexibility index (Phi) is 10.5. The van der Waals surface area contributed by atoms with Crippen molar-refractivity contribution in [1.82, 2.24) is 15.3 Å². The molecule has 0 spiro atoms. The summed E-state index contributed by atoms with van der Waals surface area (Å²) >= 11 is 1.71. The Balaban J connectivity index is 1.08. The molecule has 0 unspecified atom stereocenters. The number of fused-ring (bicyclic) bond motifs is 1. The molecule has 8 nitrogen and oxygen atoms in total. The highest BCUT2D eigenvalue weighted by Gasteiger charge is 2.32. The highest BCUT2D eigenvalue weighted by molar-refractivity contribution is 7.99. The maximum atomic E-state index is 12.9. The van der Waals surface area contributed by atoms with Crippen LogP contribution in [0, 0.1) is 0 Å². The summed E-state index contributed by atoms with van der Waals surface area (Å²) in [5.74, 6) is 1.29. The zero-order valence-corrected chi connectivity index (χ0v) is 28.4. The number of aliphatic hydroxyl groups excluding tert-OH is 1. The van der Waals surface area contributed by atoms with Crippen LogP contribution in [-0.2, 0) is 22.6 Å². The normalized spacial score (nSPS) is 17.4. The fourth-order valence-corrected chi connectivity index (χ4v) is 7.06. The number of nitrogens with one attached hydrogen (secondary N) is 1. The number of amides is 1. The Morgan fingerprint density at radius 3 is 2.42 bits per heavy atom. The first-order chi connectivity index (χ1) is 24.6. The fraction of sp³-hybridized carbons (Fsp3) is 0.195. The summed E-state index contributed by atoms with van der Waals surface area (Å²) in [7, 11) is 1.69. The molecule has 5 aromatic carbocycles. The maximum Gasteiger partial charge on any atom is 0.271 e. The Morgan fingerprint density at radius 2 is 1.60 bits per heavy atom. The largest absolute Gasteiger partial charge is 0.496 e. The molecule has 0 radical (unpaired) electrons. The first-order valence-corrected chi connectivity index (χ1v) is 17.5.